The molecule has 3 rings (SSSR count). The first-order valence-electron chi connectivity index (χ1n) is 7.11. The van der Waals surface area contributed by atoms with Crippen molar-refractivity contribution in [3.8, 4) is 10.6 Å². The highest BCUT2D eigenvalue weighted by atomic mass is 32.1. The fraction of sp³-hybridized carbons (Fsp3) is 0.118. The lowest BCUT2D eigenvalue weighted by molar-refractivity contribution is 0.0702. The number of nitrogens with one attached hydrogen (secondary N) is 1. The van der Waals surface area contributed by atoms with Gasteiger partial charge in [-0.25, -0.2) is 4.79 Å². The lowest BCUT2D eigenvalue weighted by atomic mass is 10.2. The first kappa shape index (κ1) is 15.3. The van der Waals surface area contributed by atoms with Crippen LogP contribution in [-0.4, -0.2) is 21.0 Å². The SMILES string of the molecule is O=C(O)c1ccc(-c2cccc(CNCc3cccnc3)n2)s1. The highest BCUT2D eigenvalue weighted by Crippen LogP contribution is 2.26. The van der Waals surface area contributed by atoms with Crippen LogP contribution in [0.1, 0.15) is 20.9 Å². The van der Waals surface area contributed by atoms with Gasteiger partial charge in [0.1, 0.15) is 4.88 Å². The molecule has 0 saturated carbocycles. The molecule has 0 aromatic carbocycles. The molecule has 0 atom stereocenters. The van der Waals surface area contributed by atoms with Crippen LogP contribution in [0.15, 0.2) is 54.9 Å². The molecule has 2 N–H and O–H groups in total. The average Bonchev–Trinajstić information content (AvgIpc) is 3.07. The first-order chi connectivity index (χ1) is 11.2. The fourth-order valence-electron chi connectivity index (χ4n) is 2.14. The molecule has 116 valence electrons. The number of carboxylic acids is 1. The Morgan fingerprint density at radius 1 is 1.13 bits per heavy atom. The van der Waals surface area contributed by atoms with E-state index in [1.807, 2.05) is 36.5 Å². The van der Waals surface area contributed by atoms with Crippen molar-refractivity contribution in [3.63, 3.8) is 0 Å². The maximum atomic E-state index is 11.0. The lowest BCUT2D eigenvalue weighted by Crippen LogP contribution is -2.13. The number of hydrogen-bond acceptors (Lipinski definition) is 5. The van der Waals surface area contributed by atoms with Gasteiger partial charge in [0.25, 0.3) is 0 Å². The average molecular weight is 325 g/mol. The van der Waals surface area contributed by atoms with E-state index >= 15 is 0 Å². The van der Waals surface area contributed by atoms with Crippen molar-refractivity contribution < 1.29 is 9.90 Å². The second kappa shape index (κ2) is 7.13. The first-order valence-corrected chi connectivity index (χ1v) is 7.93. The Morgan fingerprint density at radius 2 is 2.04 bits per heavy atom. The van der Waals surface area contributed by atoms with Crippen molar-refractivity contribution in [1.82, 2.24) is 15.3 Å². The van der Waals surface area contributed by atoms with Crippen molar-refractivity contribution in [2.75, 3.05) is 0 Å². The largest absolute Gasteiger partial charge is 0.477 e. The van der Waals surface area contributed by atoms with E-state index in [-0.39, 0.29) is 0 Å². The summed E-state index contributed by atoms with van der Waals surface area (Å²) in [7, 11) is 0. The highest BCUT2D eigenvalue weighted by molar-refractivity contribution is 7.17. The molecule has 3 aromatic rings. The van der Waals surface area contributed by atoms with Crippen LogP contribution < -0.4 is 5.32 Å². The third kappa shape index (κ3) is 4.00. The standard InChI is InChI=1S/C17H15N3O2S/c21-17(22)16-7-6-15(23-16)14-5-1-4-13(20-14)11-19-10-12-3-2-8-18-9-12/h1-9,19H,10-11H2,(H,21,22). The number of hydrogen-bond donors (Lipinski definition) is 2. The van der Waals surface area contributed by atoms with E-state index in [0.29, 0.717) is 11.4 Å². The van der Waals surface area contributed by atoms with Gasteiger partial charge in [0, 0.05) is 25.5 Å². The van der Waals surface area contributed by atoms with Crippen molar-refractivity contribution in [2.24, 2.45) is 0 Å². The van der Waals surface area contributed by atoms with Gasteiger partial charge in [-0.2, -0.15) is 0 Å². The number of thiophene rings is 1. The van der Waals surface area contributed by atoms with Crippen molar-refractivity contribution >= 4 is 17.3 Å². The van der Waals surface area contributed by atoms with E-state index in [0.717, 1.165) is 28.4 Å². The number of nitrogens with zero attached hydrogens (tertiary/aromatic N) is 2. The monoisotopic (exact) mass is 325 g/mol. The maximum absolute atomic E-state index is 11.0. The zero-order valence-electron chi connectivity index (χ0n) is 12.3. The molecule has 0 unspecified atom stereocenters. The normalized spacial score (nSPS) is 10.6. The molecule has 23 heavy (non-hydrogen) atoms. The van der Waals surface area contributed by atoms with Crippen LogP contribution >= 0.6 is 11.3 Å². The van der Waals surface area contributed by atoms with E-state index in [9.17, 15) is 4.79 Å². The molecular formula is C17H15N3O2S. The molecule has 0 radical (unpaired) electrons. The maximum Gasteiger partial charge on any atom is 0.345 e. The number of carboxylic acid groups (broad SMARTS) is 1. The second-order valence-corrected chi connectivity index (χ2v) is 6.03. The predicted octanol–water partition coefficient (Wildman–Crippen LogP) is 3.19. The van der Waals surface area contributed by atoms with E-state index in [1.54, 1.807) is 18.3 Å². The Kier molecular flexibility index (Phi) is 4.75. The number of aromatic carboxylic acids is 1. The molecule has 6 heteroatoms. The molecule has 0 saturated heterocycles. The third-order valence-corrected chi connectivity index (χ3v) is 4.33. The number of pyridine rings is 2. The van der Waals surface area contributed by atoms with Crippen LogP contribution in [0, 0.1) is 0 Å². The number of carbonyl (C=O) groups is 1. The summed E-state index contributed by atoms with van der Waals surface area (Å²) in [6, 6.07) is 13.1. The summed E-state index contributed by atoms with van der Waals surface area (Å²) in [6.07, 6.45) is 3.58. The molecule has 0 bridgehead atoms. The van der Waals surface area contributed by atoms with Crippen molar-refractivity contribution in [3.05, 3.63) is 71.0 Å². The van der Waals surface area contributed by atoms with Crippen LogP contribution in [0.4, 0.5) is 0 Å². The van der Waals surface area contributed by atoms with Gasteiger partial charge in [-0.3, -0.25) is 9.97 Å². The Morgan fingerprint density at radius 3 is 2.78 bits per heavy atom. The van der Waals surface area contributed by atoms with Gasteiger partial charge in [0.2, 0.25) is 0 Å². The molecule has 3 aromatic heterocycles. The van der Waals surface area contributed by atoms with E-state index in [4.69, 9.17) is 5.11 Å². The van der Waals surface area contributed by atoms with Crippen molar-refractivity contribution in [2.45, 2.75) is 13.1 Å². The Bertz CT molecular complexity index is 802. The Hall–Kier alpha value is -2.57. The van der Waals surface area contributed by atoms with Gasteiger partial charge in [-0.05, 0) is 35.9 Å². The zero-order valence-corrected chi connectivity index (χ0v) is 13.1. The van der Waals surface area contributed by atoms with Gasteiger partial charge in [0.05, 0.1) is 16.3 Å². The highest BCUT2D eigenvalue weighted by Gasteiger charge is 2.09. The van der Waals surface area contributed by atoms with Crippen LogP contribution in [-0.2, 0) is 13.1 Å². The summed E-state index contributed by atoms with van der Waals surface area (Å²) < 4.78 is 0. The molecular weight excluding hydrogens is 310 g/mol. The van der Waals surface area contributed by atoms with Gasteiger partial charge < -0.3 is 10.4 Å². The molecule has 5 nitrogen and oxygen atoms in total. The minimum Gasteiger partial charge on any atom is -0.477 e. The minimum absolute atomic E-state index is 0.321. The van der Waals surface area contributed by atoms with Crippen LogP contribution in [0.25, 0.3) is 10.6 Å². The smallest absolute Gasteiger partial charge is 0.345 e. The van der Waals surface area contributed by atoms with Gasteiger partial charge in [0.15, 0.2) is 0 Å². The topological polar surface area (TPSA) is 75.1 Å². The molecule has 3 heterocycles. The van der Waals surface area contributed by atoms with E-state index in [2.05, 4.69) is 15.3 Å². The summed E-state index contributed by atoms with van der Waals surface area (Å²) in [6.45, 7) is 1.36. The fourth-order valence-corrected chi connectivity index (χ4v) is 2.96. The number of aromatic nitrogens is 2. The molecule has 0 aliphatic heterocycles. The lowest BCUT2D eigenvalue weighted by Gasteiger charge is -2.05. The van der Waals surface area contributed by atoms with Crippen molar-refractivity contribution in [1.29, 1.82) is 0 Å². The zero-order chi connectivity index (χ0) is 16.1. The van der Waals surface area contributed by atoms with Gasteiger partial charge >= 0.3 is 5.97 Å². The summed E-state index contributed by atoms with van der Waals surface area (Å²) in [5.74, 6) is -0.907. The Labute approximate surface area is 137 Å². The summed E-state index contributed by atoms with van der Waals surface area (Å²) in [4.78, 5) is 20.8. The van der Waals surface area contributed by atoms with Crippen LogP contribution in [0.3, 0.4) is 0 Å². The predicted molar refractivity (Wildman–Crippen MR) is 89.3 cm³/mol. The third-order valence-electron chi connectivity index (χ3n) is 3.23. The van der Waals surface area contributed by atoms with E-state index < -0.39 is 5.97 Å². The summed E-state index contributed by atoms with van der Waals surface area (Å²) >= 11 is 1.23. The molecule has 0 aliphatic carbocycles. The number of rotatable bonds is 6. The molecule has 0 fully saturated rings. The van der Waals surface area contributed by atoms with Crippen LogP contribution in [0.5, 0.6) is 0 Å². The molecule has 0 amide bonds. The second-order valence-electron chi connectivity index (χ2n) is 4.95. The van der Waals surface area contributed by atoms with Gasteiger partial charge in [-0.15, -0.1) is 11.3 Å². The molecule has 0 spiro atoms. The quantitative estimate of drug-likeness (QED) is 0.728. The van der Waals surface area contributed by atoms with Gasteiger partial charge in [-0.1, -0.05) is 12.1 Å². The van der Waals surface area contributed by atoms with Crippen LogP contribution in [0.2, 0.25) is 0 Å². The van der Waals surface area contributed by atoms with E-state index in [1.165, 1.54) is 11.3 Å². The summed E-state index contributed by atoms with van der Waals surface area (Å²) in [5, 5.41) is 12.3. The molecule has 0 aliphatic rings. The minimum atomic E-state index is -0.907. The Balaban J connectivity index is 1.66. The summed E-state index contributed by atoms with van der Waals surface area (Å²) in [5.41, 5.74) is 2.83.